The molecule has 2 heterocycles. The van der Waals surface area contributed by atoms with Gasteiger partial charge in [-0.1, -0.05) is 18.2 Å². The fourth-order valence-electron chi connectivity index (χ4n) is 4.64. The van der Waals surface area contributed by atoms with E-state index in [0.29, 0.717) is 44.0 Å². The van der Waals surface area contributed by atoms with Crippen LogP contribution < -0.4 is 14.5 Å². The summed E-state index contributed by atoms with van der Waals surface area (Å²) >= 11 is 0. The zero-order valence-corrected chi connectivity index (χ0v) is 21.3. The molecule has 0 aliphatic carbocycles. The first-order chi connectivity index (χ1) is 16.4. The molecule has 2 aliphatic rings. The number of nitrogens with one attached hydrogen (secondary N) is 1. The molecule has 2 saturated heterocycles. The third-order valence-corrected chi connectivity index (χ3v) is 6.84. The standard InChI is InChI=1S/C25H32N4O5S/c1-24(2,3)34-23(31)27-16-14-25(15-17-27)22(30)28(18-29(25)21-8-6-5-7-9-21)20-12-10-19(11-13-20)26-35(4,32)33/h5-13,26H,14-18H2,1-4H3. The van der Waals surface area contributed by atoms with E-state index in [1.54, 1.807) is 34.1 Å². The Hall–Kier alpha value is -3.27. The maximum absolute atomic E-state index is 13.9. The van der Waals surface area contributed by atoms with Gasteiger partial charge in [0, 0.05) is 30.2 Å². The fraction of sp³-hybridized carbons (Fsp3) is 0.440. The average Bonchev–Trinajstić information content (AvgIpc) is 3.05. The minimum atomic E-state index is -3.39. The van der Waals surface area contributed by atoms with Gasteiger partial charge in [-0.15, -0.1) is 0 Å². The molecule has 188 valence electrons. The number of piperidine rings is 1. The van der Waals surface area contributed by atoms with Crippen molar-refractivity contribution in [3.63, 3.8) is 0 Å². The summed E-state index contributed by atoms with van der Waals surface area (Å²) in [5, 5.41) is 0. The molecule has 4 rings (SSSR count). The smallest absolute Gasteiger partial charge is 0.410 e. The number of nitrogens with zero attached hydrogens (tertiary/aromatic N) is 3. The van der Waals surface area contributed by atoms with E-state index in [1.165, 1.54) is 0 Å². The molecular weight excluding hydrogens is 468 g/mol. The van der Waals surface area contributed by atoms with Crippen molar-refractivity contribution in [2.45, 2.75) is 44.8 Å². The highest BCUT2D eigenvalue weighted by Crippen LogP contribution is 2.41. The van der Waals surface area contributed by atoms with E-state index in [2.05, 4.69) is 9.62 Å². The van der Waals surface area contributed by atoms with Crippen LogP contribution in [-0.4, -0.2) is 62.5 Å². The van der Waals surface area contributed by atoms with Gasteiger partial charge in [0.1, 0.15) is 11.1 Å². The molecule has 0 aromatic heterocycles. The minimum absolute atomic E-state index is 0.0333. The van der Waals surface area contributed by atoms with Crippen LogP contribution in [0, 0.1) is 0 Å². The molecule has 1 N–H and O–H groups in total. The summed E-state index contributed by atoms with van der Waals surface area (Å²) in [5.74, 6) is -0.0333. The van der Waals surface area contributed by atoms with Gasteiger partial charge in [0.15, 0.2) is 0 Å². The Labute approximate surface area is 206 Å². The van der Waals surface area contributed by atoms with E-state index >= 15 is 0 Å². The predicted octanol–water partition coefficient (Wildman–Crippen LogP) is 3.64. The van der Waals surface area contributed by atoms with Crippen molar-refractivity contribution < 1.29 is 22.7 Å². The quantitative estimate of drug-likeness (QED) is 0.688. The largest absolute Gasteiger partial charge is 0.444 e. The van der Waals surface area contributed by atoms with Gasteiger partial charge in [-0.3, -0.25) is 14.4 Å². The second kappa shape index (κ2) is 9.07. The lowest BCUT2D eigenvalue weighted by Gasteiger charge is -2.43. The summed E-state index contributed by atoms with van der Waals surface area (Å²) in [6.45, 7) is 6.69. The summed E-state index contributed by atoms with van der Waals surface area (Å²) < 4.78 is 31.0. The van der Waals surface area contributed by atoms with Crippen molar-refractivity contribution in [2.24, 2.45) is 0 Å². The monoisotopic (exact) mass is 500 g/mol. The number of sulfonamides is 1. The lowest BCUT2D eigenvalue weighted by atomic mass is 9.85. The van der Waals surface area contributed by atoms with Crippen LogP contribution in [-0.2, 0) is 19.6 Å². The molecule has 0 unspecified atom stereocenters. The Morgan fingerprint density at radius 3 is 2.11 bits per heavy atom. The van der Waals surface area contributed by atoms with Crippen molar-refractivity contribution >= 4 is 39.1 Å². The molecular formula is C25H32N4O5S. The third-order valence-electron chi connectivity index (χ3n) is 6.24. The van der Waals surface area contributed by atoms with Crippen molar-refractivity contribution in [3.8, 4) is 0 Å². The number of para-hydroxylation sites is 1. The van der Waals surface area contributed by atoms with Crippen LogP contribution >= 0.6 is 0 Å². The summed E-state index contributed by atoms with van der Waals surface area (Å²) in [6.07, 6.45) is 1.68. The Morgan fingerprint density at radius 1 is 0.971 bits per heavy atom. The zero-order valence-electron chi connectivity index (χ0n) is 20.5. The van der Waals surface area contributed by atoms with Gasteiger partial charge in [0.2, 0.25) is 10.0 Å². The van der Waals surface area contributed by atoms with Crippen molar-refractivity contribution in [1.29, 1.82) is 0 Å². The van der Waals surface area contributed by atoms with E-state index in [0.717, 1.165) is 11.9 Å². The van der Waals surface area contributed by atoms with Gasteiger partial charge in [-0.05, 0) is 70.0 Å². The van der Waals surface area contributed by atoms with Gasteiger partial charge < -0.3 is 14.5 Å². The average molecular weight is 501 g/mol. The highest BCUT2D eigenvalue weighted by atomic mass is 32.2. The Morgan fingerprint density at radius 2 is 1.57 bits per heavy atom. The van der Waals surface area contributed by atoms with Crippen LogP contribution in [0.4, 0.5) is 21.9 Å². The van der Waals surface area contributed by atoms with Gasteiger partial charge in [0.05, 0.1) is 12.9 Å². The molecule has 2 aliphatic heterocycles. The van der Waals surface area contributed by atoms with Gasteiger partial charge in [-0.25, -0.2) is 13.2 Å². The first kappa shape index (κ1) is 24.8. The van der Waals surface area contributed by atoms with E-state index in [1.807, 2.05) is 51.1 Å². The summed E-state index contributed by atoms with van der Waals surface area (Å²) in [5.41, 5.74) is 0.679. The predicted molar refractivity (Wildman–Crippen MR) is 136 cm³/mol. The van der Waals surface area contributed by atoms with Crippen LogP contribution in [0.2, 0.25) is 0 Å². The van der Waals surface area contributed by atoms with Crippen molar-refractivity contribution in [3.05, 3.63) is 54.6 Å². The van der Waals surface area contributed by atoms with Gasteiger partial charge in [-0.2, -0.15) is 0 Å². The van der Waals surface area contributed by atoms with Crippen LogP contribution in [0.25, 0.3) is 0 Å². The molecule has 35 heavy (non-hydrogen) atoms. The topological polar surface area (TPSA) is 99.3 Å². The highest BCUT2D eigenvalue weighted by Gasteiger charge is 2.54. The van der Waals surface area contributed by atoms with Crippen LogP contribution in [0.5, 0.6) is 0 Å². The Kier molecular flexibility index (Phi) is 6.44. The number of carbonyl (C=O) groups is 2. The Balaban J connectivity index is 1.60. The van der Waals surface area contributed by atoms with E-state index < -0.39 is 21.2 Å². The highest BCUT2D eigenvalue weighted by molar-refractivity contribution is 7.92. The first-order valence-electron chi connectivity index (χ1n) is 11.6. The number of rotatable bonds is 4. The molecule has 0 saturated carbocycles. The molecule has 0 bridgehead atoms. The maximum atomic E-state index is 13.9. The SMILES string of the molecule is CC(C)(C)OC(=O)N1CCC2(CC1)C(=O)N(c1ccc(NS(C)(=O)=O)cc1)CN2c1ccccc1. The number of anilines is 3. The van der Waals surface area contributed by atoms with Gasteiger partial charge >= 0.3 is 6.09 Å². The third kappa shape index (κ3) is 5.37. The lowest BCUT2D eigenvalue weighted by Crippen LogP contribution is -2.57. The lowest BCUT2D eigenvalue weighted by molar-refractivity contribution is -0.123. The molecule has 10 heteroatoms. The number of hydrogen-bond donors (Lipinski definition) is 1. The maximum Gasteiger partial charge on any atom is 0.410 e. The summed E-state index contributed by atoms with van der Waals surface area (Å²) in [6, 6.07) is 16.6. The molecule has 0 radical (unpaired) electrons. The number of ether oxygens (including phenoxy) is 1. The van der Waals surface area contributed by atoms with E-state index in [-0.39, 0.29) is 12.0 Å². The summed E-state index contributed by atoms with van der Waals surface area (Å²) in [7, 11) is -3.39. The van der Waals surface area contributed by atoms with Crippen LogP contribution in [0.15, 0.2) is 54.6 Å². The molecule has 2 amide bonds. The van der Waals surface area contributed by atoms with Gasteiger partial charge in [0.25, 0.3) is 5.91 Å². The molecule has 0 atom stereocenters. The fourth-order valence-corrected chi connectivity index (χ4v) is 5.20. The number of benzene rings is 2. The molecule has 9 nitrogen and oxygen atoms in total. The molecule has 2 aromatic rings. The summed E-state index contributed by atoms with van der Waals surface area (Å²) in [4.78, 5) is 32.0. The minimum Gasteiger partial charge on any atom is -0.444 e. The first-order valence-corrected chi connectivity index (χ1v) is 13.5. The number of hydrogen-bond acceptors (Lipinski definition) is 6. The molecule has 2 fully saturated rings. The molecule has 2 aromatic carbocycles. The molecule has 1 spiro atoms. The van der Waals surface area contributed by atoms with Crippen molar-refractivity contribution in [2.75, 3.05) is 40.5 Å². The number of carbonyl (C=O) groups excluding carboxylic acids is 2. The number of amides is 2. The van der Waals surface area contributed by atoms with Crippen LogP contribution in [0.1, 0.15) is 33.6 Å². The normalized spacial score (nSPS) is 18.2. The second-order valence-electron chi connectivity index (χ2n) is 10.1. The van der Waals surface area contributed by atoms with E-state index in [9.17, 15) is 18.0 Å². The van der Waals surface area contributed by atoms with E-state index in [4.69, 9.17) is 4.74 Å². The number of likely N-dealkylation sites (tertiary alicyclic amines) is 1. The van der Waals surface area contributed by atoms with Crippen molar-refractivity contribution in [1.82, 2.24) is 4.90 Å². The Bertz CT molecular complexity index is 1180. The van der Waals surface area contributed by atoms with Crippen LogP contribution in [0.3, 0.4) is 0 Å². The zero-order chi connectivity index (χ0) is 25.4. The second-order valence-corrected chi connectivity index (χ2v) is 11.8.